The van der Waals surface area contributed by atoms with E-state index in [4.69, 9.17) is 4.74 Å². The van der Waals surface area contributed by atoms with Gasteiger partial charge in [0.1, 0.15) is 5.75 Å². The average molecular weight is 270 g/mol. The number of alkyl halides is 1. The highest BCUT2D eigenvalue weighted by atomic mass is 79.9. The first kappa shape index (κ1) is 9.68. The molecule has 1 aromatic heterocycles. The first-order valence-electron chi connectivity index (χ1n) is 4.11. The van der Waals surface area contributed by atoms with Crippen LogP contribution in [-0.4, -0.2) is 4.98 Å². The van der Waals surface area contributed by atoms with E-state index in [1.54, 1.807) is 6.20 Å². The highest BCUT2D eigenvalue weighted by Crippen LogP contribution is 2.23. The molecule has 4 heteroatoms. The summed E-state index contributed by atoms with van der Waals surface area (Å²) in [6.45, 7) is 0. The predicted octanol–water partition coefficient (Wildman–Crippen LogP) is 3.83. The highest BCUT2D eigenvalue weighted by Gasteiger charge is 1.98. The van der Waals surface area contributed by atoms with Gasteiger partial charge in [-0.15, -0.1) is 0 Å². The van der Waals surface area contributed by atoms with Crippen LogP contribution in [0.4, 0.5) is 0 Å². The van der Waals surface area contributed by atoms with Gasteiger partial charge in [0.15, 0.2) is 0 Å². The van der Waals surface area contributed by atoms with Crippen molar-refractivity contribution < 1.29 is 4.74 Å². The smallest absolute Gasteiger partial charge is 0.278 e. The fraction of sp³-hybridized carbons (Fsp3) is 0.100. The van der Waals surface area contributed by atoms with Gasteiger partial charge >= 0.3 is 0 Å². The van der Waals surface area contributed by atoms with E-state index in [0.717, 1.165) is 11.1 Å². The van der Waals surface area contributed by atoms with Gasteiger partial charge in [-0.2, -0.15) is 0 Å². The van der Waals surface area contributed by atoms with Crippen LogP contribution in [0, 0.1) is 0 Å². The molecule has 14 heavy (non-hydrogen) atoms. The summed E-state index contributed by atoms with van der Waals surface area (Å²) in [7, 11) is 0. The number of rotatable bonds is 3. The minimum atomic E-state index is 0.677. The number of halogens is 1. The van der Waals surface area contributed by atoms with Crippen LogP contribution in [0.15, 0.2) is 35.8 Å². The van der Waals surface area contributed by atoms with Gasteiger partial charge in [-0.25, -0.2) is 4.98 Å². The Morgan fingerprint density at radius 2 is 2.07 bits per heavy atom. The highest BCUT2D eigenvalue weighted by molar-refractivity contribution is 9.08. The molecule has 2 nitrogen and oxygen atoms in total. The van der Waals surface area contributed by atoms with Crippen molar-refractivity contribution in [2.45, 2.75) is 5.33 Å². The summed E-state index contributed by atoms with van der Waals surface area (Å²) in [5, 5.41) is 3.43. The largest absolute Gasteiger partial charge is 0.431 e. The summed E-state index contributed by atoms with van der Waals surface area (Å²) >= 11 is 4.88. The molecule has 0 amide bonds. The minimum absolute atomic E-state index is 0.677. The minimum Gasteiger partial charge on any atom is -0.431 e. The van der Waals surface area contributed by atoms with E-state index in [9.17, 15) is 0 Å². The molecule has 0 aliphatic rings. The second kappa shape index (κ2) is 4.57. The first-order valence-corrected chi connectivity index (χ1v) is 6.11. The molecule has 2 aromatic rings. The molecule has 0 aliphatic carbocycles. The third-order valence-corrected chi connectivity index (χ3v) is 2.99. The van der Waals surface area contributed by atoms with Crippen LogP contribution in [0.2, 0.25) is 0 Å². The summed E-state index contributed by atoms with van der Waals surface area (Å²) in [6, 6.07) is 7.94. The van der Waals surface area contributed by atoms with Gasteiger partial charge in [0, 0.05) is 16.9 Å². The standard InChI is InChI=1S/C10H8BrNOS/c11-7-8-1-3-9(4-2-8)13-10-12-5-6-14-10/h1-6H,7H2. The van der Waals surface area contributed by atoms with Crippen molar-refractivity contribution in [3.63, 3.8) is 0 Å². The molecule has 0 saturated carbocycles. The third kappa shape index (κ3) is 2.33. The lowest BCUT2D eigenvalue weighted by molar-refractivity contribution is 0.478. The fourth-order valence-electron chi connectivity index (χ4n) is 1.01. The average Bonchev–Trinajstić information content (AvgIpc) is 2.72. The zero-order valence-corrected chi connectivity index (χ0v) is 9.72. The second-order valence-electron chi connectivity index (χ2n) is 2.68. The van der Waals surface area contributed by atoms with Crippen LogP contribution in [-0.2, 0) is 5.33 Å². The Morgan fingerprint density at radius 3 is 2.64 bits per heavy atom. The van der Waals surface area contributed by atoms with Crippen LogP contribution < -0.4 is 4.74 Å². The second-order valence-corrected chi connectivity index (χ2v) is 4.10. The van der Waals surface area contributed by atoms with Crippen molar-refractivity contribution in [1.29, 1.82) is 0 Å². The fourth-order valence-corrected chi connectivity index (χ4v) is 1.89. The molecule has 0 unspecified atom stereocenters. The third-order valence-electron chi connectivity index (χ3n) is 1.69. The molecular weight excluding hydrogens is 262 g/mol. The Bertz CT molecular complexity index is 385. The molecule has 0 spiro atoms. The Balaban J connectivity index is 2.10. The topological polar surface area (TPSA) is 22.1 Å². The van der Waals surface area contributed by atoms with E-state index < -0.39 is 0 Å². The molecule has 0 radical (unpaired) electrons. The van der Waals surface area contributed by atoms with E-state index >= 15 is 0 Å². The maximum atomic E-state index is 5.51. The predicted molar refractivity (Wildman–Crippen MR) is 61.3 cm³/mol. The molecule has 0 saturated heterocycles. The van der Waals surface area contributed by atoms with Gasteiger partial charge in [-0.3, -0.25) is 0 Å². The summed E-state index contributed by atoms with van der Waals surface area (Å²) in [5.41, 5.74) is 1.23. The lowest BCUT2D eigenvalue weighted by atomic mass is 10.2. The van der Waals surface area contributed by atoms with Crippen LogP contribution in [0.1, 0.15) is 5.56 Å². The Kier molecular flexibility index (Phi) is 3.16. The molecule has 0 N–H and O–H groups in total. The van der Waals surface area contributed by atoms with Gasteiger partial charge in [-0.1, -0.05) is 39.4 Å². The normalized spacial score (nSPS) is 10.1. The lowest BCUT2D eigenvalue weighted by Crippen LogP contribution is -1.83. The van der Waals surface area contributed by atoms with Crippen molar-refractivity contribution in [1.82, 2.24) is 4.98 Å². The number of hydrogen-bond acceptors (Lipinski definition) is 3. The zero-order valence-electron chi connectivity index (χ0n) is 7.31. The van der Waals surface area contributed by atoms with Gasteiger partial charge in [0.25, 0.3) is 5.19 Å². The number of nitrogens with zero attached hydrogens (tertiary/aromatic N) is 1. The Labute approximate surface area is 94.7 Å². The number of thiazole rings is 1. The maximum Gasteiger partial charge on any atom is 0.278 e. The molecule has 1 aromatic carbocycles. The zero-order chi connectivity index (χ0) is 9.80. The number of ether oxygens (including phenoxy) is 1. The summed E-state index contributed by atoms with van der Waals surface area (Å²) in [4.78, 5) is 4.04. The van der Waals surface area contributed by atoms with Crippen molar-refractivity contribution in [2.24, 2.45) is 0 Å². The van der Waals surface area contributed by atoms with Crippen molar-refractivity contribution in [3.8, 4) is 10.9 Å². The SMILES string of the molecule is BrCc1ccc(Oc2nccs2)cc1. The molecule has 0 bridgehead atoms. The molecule has 0 atom stereocenters. The van der Waals surface area contributed by atoms with Crippen molar-refractivity contribution in [3.05, 3.63) is 41.4 Å². The van der Waals surface area contributed by atoms with Crippen molar-refractivity contribution in [2.75, 3.05) is 0 Å². The first-order chi connectivity index (χ1) is 6.88. The molecule has 0 aliphatic heterocycles. The molecular formula is C10H8BrNOS. The summed E-state index contributed by atoms with van der Waals surface area (Å²) in [5.74, 6) is 0.824. The van der Waals surface area contributed by atoms with E-state index in [1.165, 1.54) is 16.9 Å². The summed E-state index contributed by atoms with van der Waals surface area (Å²) < 4.78 is 5.51. The van der Waals surface area contributed by atoms with E-state index in [1.807, 2.05) is 29.6 Å². The van der Waals surface area contributed by atoms with Gasteiger partial charge in [0.05, 0.1) is 0 Å². The van der Waals surface area contributed by atoms with Gasteiger partial charge in [-0.05, 0) is 17.7 Å². The van der Waals surface area contributed by atoms with Gasteiger partial charge in [0.2, 0.25) is 0 Å². The molecule has 1 heterocycles. The van der Waals surface area contributed by atoms with Gasteiger partial charge < -0.3 is 4.74 Å². The maximum absolute atomic E-state index is 5.51. The monoisotopic (exact) mass is 269 g/mol. The lowest BCUT2D eigenvalue weighted by Gasteiger charge is -2.01. The van der Waals surface area contributed by atoms with E-state index in [0.29, 0.717) is 5.19 Å². The van der Waals surface area contributed by atoms with Crippen LogP contribution >= 0.6 is 27.3 Å². The Morgan fingerprint density at radius 1 is 1.29 bits per heavy atom. The number of hydrogen-bond donors (Lipinski definition) is 0. The molecule has 2 rings (SSSR count). The van der Waals surface area contributed by atoms with Crippen molar-refractivity contribution >= 4 is 27.3 Å². The van der Waals surface area contributed by atoms with Crippen LogP contribution in [0.5, 0.6) is 10.9 Å². The van der Waals surface area contributed by atoms with E-state index in [-0.39, 0.29) is 0 Å². The van der Waals surface area contributed by atoms with Crippen LogP contribution in [0.3, 0.4) is 0 Å². The Hall–Kier alpha value is -0.870. The molecule has 72 valence electrons. The number of benzene rings is 1. The van der Waals surface area contributed by atoms with E-state index in [2.05, 4.69) is 20.9 Å². The number of aromatic nitrogens is 1. The quantitative estimate of drug-likeness (QED) is 0.791. The van der Waals surface area contributed by atoms with Crippen LogP contribution in [0.25, 0.3) is 0 Å². The summed E-state index contributed by atoms with van der Waals surface area (Å²) in [6.07, 6.45) is 1.73. The molecule has 0 fully saturated rings.